The van der Waals surface area contributed by atoms with Crippen LogP contribution in [0, 0.1) is 12.8 Å². The van der Waals surface area contributed by atoms with Crippen LogP contribution >= 0.6 is 11.6 Å². The number of carbonyl (C=O) groups excluding carboxylic acids is 2. The highest BCUT2D eigenvalue weighted by atomic mass is 35.5. The fourth-order valence-electron chi connectivity index (χ4n) is 4.32. The van der Waals surface area contributed by atoms with Gasteiger partial charge in [-0.15, -0.1) is 0 Å². The summed E-state index contributed by atoms with van der Waals surface area (Å²) in [6, 6.07) is 12.8. The van der Waals surface area contributed by atoms with Gasteiger partial charge in [0.05, 0.1) is 0 Å². The number of aromatic nitrogens is 1. The smallest absolute Gasteiger partial charge is 0.255 e. The molecule has 1 aromatic carbocycles. The Labute approximate surface area is 181 Å². The molecular formula is C24H24ClN3O2. The molecule has 2 heterocycles. The number of nitrogens with one attached hydrogen (secondary N) is 2. The van der Waals surface area contributed by atoms with Crippen molar-refractivity contribution < 1.29 is 9.59 Å². The molecule has 2 N–H and O–H groups in total. The van der Waals surface area contributed by atoms with Crippen LogP contribution in [0.2, 0.25) is 5.02 Å². The number of halogens is 1. The summed E-state index contributed by atoms with van der Waals surface area (Å²) in [6.45, 7) is 5.83. The van der Waals surface area contributed by atoms with E-state index in [9.17, 15) is 9.59 Å². The maximum atomic E-state index is 13.4. The molecule has 4 rings (SSSR count). The third-order valence-corrected chi connectivity index (χ3v) is 5.86. The number of benzene rings is 1. The summed E-state index contributed by atoms with van der Waals surface area (Å²) in [4.78, 5) is 30.8. The predicted molar refractivity (Wildman–Crippen MR) is 118 cm³/mol. The predicted octanol–water partition coefficient (Wildman–Crippen LogP) is 4.90. The van der Waals surface area contributed by atoms with Crippen molar-refractivity contribution in [2.24, 2.45) is 5.92 Å². The number of hydrogen-bond acceptors (Lipinski definition) is 4. The van der Waals surface area contributed by atoms with Crippen molar-refractivity contribution in [3.05, 3.63) is 81.3 Å². The van der Waals surface area contributed by atoms with Crippen LogP contribution < -0.4 is 10.6 Å². The molecule has 30 heavy (non-hydrogen) atoms. The second-order valence-corrected chi connectivity index (χ2v) is 8.53. The Morgan fingerprint density at radius 1 is 1.13 bits per heavy atom. The Kier molecular flexibility index (Phi) is 5.48. The molecule has 1 aliphatic carbocycles. The third-order valence-electron chi connectivity index (χ3n) is 5.61. The summed E-state index contributed by atoms with van der Waals surface area (Å²) in [7, 11) is 0. The minimum Gasteiger partial charge on any atom is -0.362 e. The number of ketones is 1. The lowest BCUT2D eigenvalue weighted by atomic mass is 9.73. The van der Waals surface area contributed by atoms with Gasteiger partial charge < -0.3 is 10.6 Å². The molecule has 2 aromatic rings. The Morgan fingerprint density at radius 2 is 1.87 bits per heavy atom. The van der Waals surface area contributed by atoms with E-state index in [4.69, 9.17) is 11.6 Å². The lowest BCUT2D eigenvalue weighted by molar-refractivity contribution is -0.117. The molecule has 0 fully saturated rings. The van der Waals surface area contributed by atoms with Gasteiger partial charge in [-0.25, -0.2) is 4.98 Å². The van der Waals surface area contributed by atoms with Crippen LogP contribution in [0.1, 0.15) is 43.9 Å². The lowest BCUT2D eigenvalue weighted by Gasteiger charge is -2.36. The van der Waals surface area contributed by atoms with Crippen molar-refractivity contribution in [1.29, 1.82) is 0 Å². The summed E-state index contributed by atoms with van der Waals surface area (Å²) in [5.41, 5.74) is 4.57. The van der Waals surface area contributed by atoms with E-state index < -0.39 is 5.92 Å². The molecule has 2 atom stereocenters. The maximum Gasteiger partial charge on any atom is 0.255 e. The Bertz CT molecular complexity index is 1090. The van der Waals surface area contributed by atoms with Gasteiger partial charge in [0.1, 0.15) is 5.82 Å². The van der Waals surface area contributed by atoms with E-state index in [1.54, 1.807) is 18.2 Å². The molecule has 154 valence electrons. The van der Waals surface area contributed by atoms with Gasteiger partial charge in [0, 0.05) is 45.6 Å². The van der Waals surface area contributed by atoms with E-state index in [2.05, 4.69) is 22.5 Å². The first-order valence-electron chi connectivity index (χ1n) is 10.1. The SMILES string of the molecule is CC1=C(C(=O)Nc2cccc(C)n2)[C@H](c2ccc(Cl)cc2)C2=C(C[C@H](C)CC2=O)N1. The zero-order valence-corrected chi connectivity index (χ0v) is 18.0. The molecular weight excluding hydrogens is 398 g/mol. The van der Waals surface area contributed by atoms with Crippen molar-refractivity contribution in [1.82, 2.24) is 10.3 Å². The first-order chi connectivity index (χ1) is 14.3. The van der Waals surface area contributed by atoms with Gasteiger partial charge in [-0.05, 0) is 56.0 Å². The quantitative estimate of drug-likeness (QED) is 0.739. The van der Waals surface area contributed by atoms with Crippen molar-refractivity contribution in [3.63, 3.8) is 0 Å². The molecule has 1 amide bonds. The molecule has 0 radical (unpaired) electrons. The topological polar surface area (TPSA) is 71.1 Å². The summed E-state index contributed by atoms with van der Waals surface area (Å²) in [5, 5.41) is 6.87. The molecule has 6 heteroatoms. The first-order valence-corrected chi connectivity index (χ1v) is 10.5. The summed E-state index contributed by atoms with van der Waals surface area (Å²) in [5.74, 6) is 0.134. The number of allylic oxidation sites excluding steroid dienone is 3. The molecule has 0 unspecified atom stereocenters. The normalized spacial score (nSPS) is 21.3. The van der Waals surface area contributed by atoms with Crippen LogP contribution in [0.5, 0.6) is 0 Å². The monoisotopic (exact) mass is 421 g/mol. The van der Waals surface area contributed by atoms with Crippen LogP contribution in [0.15, 0.2) is 65.0 Å². The minimum absolute atomic E-state index is 0.0858. The minimum atomic E-state index is -0.441. The van der Waals surface area contributed by atoms with Gasteiger partial charge >= 0.3 is 0 Å². The molecule has 2 aliphatic rings. The van der Waals surface area contributed by atoms with E-state index in [0.29, 0.717) is 28.4 Å². The third kappa shape index (κ3) is 3.90. The Balaban J connectivity index is 1.79. The summed E-state index contributed by atoms with van der Waals surface area (Å²) in [6.07, 6.45) is 1.27. The summed E-state index contributed by atoms with van der Waals surface area (Å²) < 4.78 is 0. The van der Waals surface area contributed by atoms with Gasteiger partial charge in [0.25, 0.3) is 5.91 Å². The van der Waals surface area contributed by atoms with Crippen LogP contribution in [0.25, 0.3) is 0 Å². The highest BCUT2D eigenvalue weighted by Gasteiger charge is 2.39. The van der Waals surface area contributed by atoms with E-state index in [-0.39, 0.29) is 17.6 Å². The second-order valence-electron chi connectivity index (χ2n) is 8.10. The van der Waals surface area contributed by atoms with Crippen LogP contribution in [0.4, 0.5) is 5.82 Å². The van der Waals surface area contributed by atoms with Gasteiger partial charge in [0.15, 0.2) is 5.78 Å². The highest BCUT2D eigenvalue weighted by Crippen LogP contribution is 2.43. The zero-order valence-electron chi connectivity index (χ0n) is 17.3. The highest BCUT2D eigenvalue weighted by molar-refractivity contribution is 6.30. The second kappa shape index (κ2) is 8.07. The molecule has 5 nitrogen and oxygen atoms in total. The van der Waals surface area contributed by atoms with Gasteiger partial charge in [-0.3, -0.25) is 9.59 Å². The van der Waals surface area contributed by atoms with Crippen molar-refractivity contribution in [2.75, 3.05) is 5.32 Å². The standard InChI is InChI=1S/C24H24ClN3O2/c1-13-11-18-23(19(29)12-13)22(16-7-9-17(25)10-8-16)21(15(3)27-18)24(30)28-20-6-4-5-14(2)26-20/h4-10,13,22,27H,11-12H2,1-3H3,(H,26,28,30)/t13-,22-/m0/s1. The van der Waals surface area contributed by atoms with E-state index in [0.717, 1.165) is 29.1 Å². The zero-order chi connectivity index (χ0) is 21.4. The first kappa shape index (κ1) is 20.4. The lowest BCUT2D eigenvalue weighted by Crippen LogP contribution is -2.37. The summed E-state index contributed by atoms with van der Waals surface area (Å²) >= 11 is 6.09. The largest absolute Gasteiger partial charge is 0.362 e. The van der Waals surface area contributed by atoms with Crippen molar-refractivity contribution in [3.8, 4) is 0 Å². The number of hydrogen-bond donors (Lipinski definition) is 2. The number of Topliss-reactive ketones (excluding diaryl/α,β-unsaturated/α-hetero) is 1. The molecule has 0 bridgehead atoms. The number of rotatable bonds is 3. The molecule has 0 saturated heterocycles. The van der Waals surface area contributed by atoms with E-state index in [1.165, 1.54) is 0 Å². The number of pyridine rings is 1. The Morgan fingerprint density at radius 3 is 2.57 bits per heavy atom. The molecule has 1 aromatic heterocycles. The Hall–Kier alpha value is -2.92. The maximum absolute atomic E-state index is 13.4. The van der Waals surface area contributed by atoms with E-state index >= 15 is 0 Å². The average Bonchev–Trinajstić information content (AvgIpc) is 2.67. The number of anilines is 1. The van der Waals surface area contributed by atoms with Gasteiger partial charge in [-0.1, -0.05) is 36.7 Å². The number of nitrogens with zero attached hydrogens (tertiary/aromatic N) is 1. The fraction of sp³-hybridized carbons (Fsp3) is 0.292. The van der Waals surface area contributed by atoms with Gasteiger partial charge in [-0.2, -0.15) is 0 Å². The number of dihydropyridines is 1. The van der Waals surface area contributed by atoms with E-state index in [1.807, 2.05) is 38.1 Å². The molecule has 1 aliphatic heterocycles. The van der Waals surface area contributed by atoms with Crippen LogP contribution in [0.3, 0.4) is 0 Å². The van der Waals surface area contributed by atoms with Gasteiger partial charge in [0.2, 0.25) is 0 Å². The average molecular weight is 422 g/mol. The van der Waals surface area contributed by atoms with Crippen molar-refractivity contribution >= 4 is 29.1 Å². The molecule has 0 saturated carbocycles. The number of aryl methyl sites for hydroxylation is 1. The van der Waals surface area contributed by atoms with Crippen LogP contribution in [-0.4, -0.2) is 16.7 Å². The van der Waals surface area contributed by atoms with Crippen LogP contribution in [-0.2, 0) is 9.59 Å². The fourth-order valence-corrected chi connectivity index (χ4v) is 4.45. The number of carbonyl (C=O) groups is 2. The molecule has 0 spiro atoms. The van der Waals surface area contributed by atoms with Crippen molar-refractivity contribution in [2.45, 2.75) is 39.5 Å². The number of amides is 1.